The van der Waals surface area contributed by atoms with Gasteiger partial charge < -0.3 is 21.3 Å². The zero-order valence-corrected chi connectivity index (χ0v) is 17.3. The molecular weight excluding hydrogens is 445 g/mol. The smallest absolute Gasteiger partial charge is 0.367 e. The Kier molecular flexibility index (Phi) is 6.04. The second-order valence-corrected chi connectivity index (χ2v) is 7.57. The molecule has 0 radical (unpaired) electrons. The lowest BCUT2D eigenvalue weighted by Gasteiger charge is -2.12. The van der Waals surface area contributed by atoms with Crippen molar-refractivity contribution in [2.75, 3.05) is 21.3 Å². The fraction of sp³-hybridized carbons (Fsp3) is 0.190. The van der Waals surface area contributed by atoms with Crippen molar-refractivity contribution in [2.24, 2.45) is 0 Å². The summed E-state index contributed by atoms with van der Waals surface area (Å²) in [7, 11) is 0. The number of hydrogen-bond donors (Lipinski definition) is 4. The first-order valence-electron chi connectivity index (χ1n) is 9.68. The van der Waals surface area contributed by atoms with Gasteiger partial charge in [-0.05, 0) is 61.4 Å². The Hall–Kier alpha value is -3.53. The number of aromatic nitrogens is 2. The van der Waals surface area contributed by atoms with E-state index in [0.717, 1.165) is 30.8 Å². The minimum absolute atomic E-state index is 0.0330. The van der Waals surface area contributed by atoms with Crippen LogP contribution in [0, 0.1) is 0 Å². The fourth-order valence-electron chi connectivity index (χ4n) is 2.82. The molecule has 2 amide bonds. The first kappa shape index (κ1) is 21.7. The summed E-state index contributed by atoms with van der Waals surface area (Å²) in [6.45, 7) is 0. The maximum Gasteiger partial charge on any atom is 0.417 e. The normalized spacial score (nSPS) is 13.4. The largest absolute Gasteiger partial charge is 0.417 e. The molecule has 4 rings (SSSR count). The predicted molar refractivity (Wildman–Crippen MR) is 117 cm³/mol. The number of anilines is 5. The van der Waals surface area contributed by atoms with Crippen molar-refractivity contribution in [1.29, 1.82) is 0 Å². The van der Waals surface area contributed by atoms with Crippen molar-refractivity contribution in [2.45, 2.75) is 25.1 Å². The van der Waals surface area contributed by atoms with E-state index in [0.29, 0.717) is 23.4 Å². The van der Waals surface area contributed by atoms with Crippen LogP contribution >= 0.6 is 11.6 Å². The van der Waals surface area contributed by atoms with Gasteiger partial charge in [0.25, 0.3) is 0 Å². The highest BCUT2D eigenvalue weighted by atomic mass is 35.5. The molecular formula is C21H18ClF3N6O. The minimum Gasteiger partial charge on any atom is -0.367 e. The van der Waals surface area contributed by atoms with E-state index in [2.05, 4.69) is 31.2 Å². The summed E-state index contributed by atoms with van der Waals surface area (Å²) in [6.07, 6.45) is -0.695. The fourth-order valence-corrected chi connectivity index (χ4v) is 3.04. The van der Waals surface area contributed by atoms with Gasteiger partial charge in [0.05, 0.1) is 10.6 Å². The summed E-state index contributed by atoms with van der Waals surface area (Å²) < 4.78 is 38.9. The minimum atomic E-state index is -4.62. The van der Waals surface area contributed by atoms with E-state index in [1.807, 2.05) is 0 Å². The number of nitrogens with zero attached hydrogens (tertiary/aromatic N) is 2. The number of carbonyl (C=O) groups is 1. The molecule has 0 aliphatic heterocycles. The second kappa shape index (κ2) is 8.91. The van der Waals surface area contributed by atoms with Gasteiger partial charge in [-0.2, -0.15) is 18.2 Å². The van der Waals surface area contributed by atoms with Gasteiger partial charge in [-0.3, -0.25) is 0 Å². The number of benzene rings is 2. The van der Waals surface area contributed by atoms with Crippen LogP contribution in [0.3, 0.4) is 0 Å². The third-order valence-corrected chi connectivity index (χ3v) is 4.84. The molecule has 0 bridgehead atoms. The van der Waals surface area contributed by atoms with Crippen LogP contribution < -0.4 is 21.3 Å². The summed E-state index contributed by atoms with van der Waals surface area (Å²) in [5, 5.41) is 10.8. The van der Waals surface area contributed by atoms with Crippen molar-refractivity contribution in [3.05, 3.63) is 65.3 Å². The van der Waals surface area contributed by atoms with Gasteiger partial charge in [0.2, 0.25) is 5.95 Å². The molecule has 1 aliphatic carbocycles. The van der Waals surface area contributed by atoms with Crippen molar-refractivity contribution in [1.82, 2.24) is 9.97 Å². The highest BCUT2D eigenvalue weighted by Crippen LogP contribution is 2.36. The molecule has 0 unspecified atom stereocenters. The Balaban J connectivity index is 1.35. The lowest BCUT2D eigenvalue weighted by molar-refractivity contribution is -0.137. The summed E-state index contributed by atoms with van der Waals surface area (Å²) in [4.78, 5) is 20.7. The number of amides is 2. The number of hydrogen-bond acceptors (Lipinski definition) is 5. The number of rotatable bonds is 6. The number of urea groups is 1. The van der Waals surface area contributed by atoms with E-state index >= 15 is 0 Å². The summed E-state index contributed by atoms with van der Waals surface area (Å²) in [5.41, 5.74) is 0.0931. The van der Waals surface area contributed by atoms with Gasteiger partial charge in [0.1, 0.15) is 5.82 Å². The molecule has 3 aromatic rings. The lowest BCUT2D eigenvalue weighted by atomic mass is 10.2. The van der Waals surface area contributed by atoms with Gasteiger partial charge >= 0.3 is 12.2 Å². The molecule has 11 heteroatoms. The standard InChI is InChI=1S/C21H18ClF3N6O/c22-17-8-7-15(11-16(17)21(23,24)25)30-20(32)29-14-5-3-13(4-6-14)28-19-26-10-9-18(31-19)27-12-1-2-12/h3-12H,1-2H2,(H2,29,30,32)(H2,26,27,28,31). The SMILES string of the molecule is O=C(Nc1ccc(Nc2nccc(NC3CC3)n2)cc1)Nc1ccc(Cl)c(C(F)(F)F)c1. The molecule has 32 heavy (non-hydrogen) atoms. The van der Waals surface area contributed by atoms with Crippen LogP contribution in [-0.4, -0.2) is 22.0 Å². The lowest BCUT2D eigenvalue weighted by Crippen LogP contribution is -2.20. The number of halogens is 4. The zero-order chi connectivity index (χ0) is 22.7. The Morgan fingerprint density at radius 1 is 0.969 bits per heavy atom. The number of carbonyl (C=O) groups excluding carboxylic acids is 1. The van der Waals surface area contributed by atoms with Crippen LogP contribution in [0.15, 0.2) is 54.7 Å². The zero-order valence-electron chi connectivity index (χ0n) is 16.5. The van der Waals surface area contributed by atoms with E-state index < -0.39 is 22.8 Å². The van der Waals surface area contributed by atoms with Crippen LogP contribution in [0.4, 0.5) is 46.8 Å². The number of alkyl halides is 3. The number of nitrogens with one attached hydrogen (secondary N) is 4. The molecule has 7 nitrogen and oxygen atoms in total. The second-order valence-electron chi connectivity index (χ2n) is 7.16. The summed E-state index contributed by atoms with van der Waals surface area (Å²) in [6, 6.07) is 11.4. The molecule has 1 aromatic heterocycles. The molecule has 1 aliphatic rings. The monoisotopic (exact) mass is 462 g/mol. The first-order valence-corrected chi connectivity index (χ1v) is 10.1. The van der Waals surface area contributed by atoms with Crippen molar-refractivity contribution < 1.29 is 18.0 Å². The van der Waals surface area contributed by atoms with Crippen LogP contribution in [0.25, 0.3) is 0 Å². The van der Waals surface area contributed by atoms with Gasteiger partial charge in [-0.1, -0.05) is 11.6 Å². The molecule has 0 spiro atoms. The van der Waals surface area contributed by atoms with Gasteiger partial charge in [0.15, 0.2) is 0 Å². The third kappa shape index (κ3) is 5.79. The quantitative estimate of drug-likeness (QED) is 0.355. The Morgan fingerprint density at radius 2 is 1.62 bits per heavy atom. The van der Waals surface area contributed by atoms with Crippen LogP contribution in [-0.2, 0) is 6.18 Å². The Morgan fingerprint density at radius 3 is 2.31 bits per heavy atom. The Bertz CT molecular complexity index is 1120. The van der Waals surface area contributed by atoms with E-state index in [1.165, 1.54) is 6.07 Å². The molecule has 0 saturated heterocycles. The highest BCUT2D eigenvalue weighted by Gasteiger charge is 2.33. The third-order valence-electron chi connectivity index (χ3n) is 4.51. The molecule has 4 N–H and O–H groups in total. The van der Waals surface area contributed by atoms with E-state index in [1.54, 1.807) is 36.5 Å². The van der Waals surface area contributed by atoms with E-state index in [9.17, 15) is 18.0 Å². The van der Waals surface area contributed by atoms with Crippen LogP contribution in [0.2, 0.25) is 5.02 Å². The maximum absolute atomic E-state index is 13.0. The van der Waals surface area contributed by atoms with Gasteiger partial charge in [-0.15, -0.1) is 0 Å². The highest BCUT2D eigenvalue weighted by molar-refractivity contribution is 6.31. The van der Waals surface area contributed by atoms with Crippen molar-refractivity contribution in [3.63, 3.8) is 0 Å². The first-order chi connectivity index (χ1) is 15.3. The topological polar surface area (TPSA) is 91.0 Å². The molecule has 0 atom stereocenters. The van der Waals surface area contributed by atoms with Gasteiger partial charge in [0, 0.05) is 29.3 Å². The molecule has 166 valence electrons. The molecule has 2 aromatic carbocycles. The van der Waals surface area contributed by atoms with Crippen LogP contribution in [0.5, 0.6) is 0 Å². The van der Waals surface area contributed by atoms with Crippen LogP contribution in [0.1, 0.15) is 18.4 Å². The molecule has 1 saturated carbocycles. The predicted octanol–water partition coefficient (Wildman–Crippen LogP) is 6.11. The van der Waals surface area contributed by atoms with Crippen molar-refractivity contribution in [3.8, 4) is 0 Å². The summed E-state index contributed by atoms with van der Waals surface area (Å²) >= 11 is 5.59. The summed E-state index contributed by atoms with van der Waals surface area (Å²) in [5.74, 6) is 1.17. The average Bonchev–Trinajstić information content (AvgIpc) is 3.54. The average molecular weight is 463 g/mol. The van der Waals surface area contributed by atoms with Gasteiger partial charge in [-0.25, -0.2) is 9.78 Å². The maximum atomic E-state index is 13.0. The van der Waals surface area contributed by atoms with Crippen molar-refractivity contribution >= 4 is 46.5 Å². The van der Waals surface area contributed by atoms with E-state index in [4.69, 9.17) is 11.6 Å². The molecule has 1 fully saturated rings. The Labute approximate surface area is 186 Å². The van der Waals surface area contributed by atoms with E-state index in [-0.39, 0.29) is 5.69 Å². The molecule has 1 heterocycles.